The molecular formula is C59H73BN2S. The Morgan fingerprint density at radius 1 is 0.651 bits per heavy atom. The molecule has 328 valence electrons. The fourth-order valence-electron chi connectivity index (χ4n) is 12.5. The van der Waals surface area contributed by atoms with Gasteiger partial charge >= 0.3 is 0 Å². The lowest BCUT2D eigenvalue weighted by molar-refractivity contribution is 0.293. The van der Waals surface area contributed by atoms with E-state index in [-0.39, 0.29) is 39.2 Å². The molecule has 2 atom stereocenters. The largest absolute Gasteiger partial charge is 0.311 e. The van der Waals surface area contributed by atoms with E-state index in [4.69, 9.17) is 0 Å². The highest BCUT2D eigenvalue weighted by Gasteiger charge is 2.53. The maximum absolute atomic E-state index is 2.82. The van der Waals surface area contributed by atoms with E-state index >= 15 is 0 Å². The molecule has 0 spiro atoms. The van der Waals surface area contributed by atoms with Crippen LogP contribution in [0.1, 0.15) is 168 Å². The molecule has 2 nitrogen and oxygen atoms in total. The number of hydrogen-bond acceptors (Lipinski definition) is 3. The first-order valence-corrected chi connectivity index (χ1v) is 25.2. The van der Waals surface area contributed by atoms with Gasteiger partial charge < -0.3 is 9.80 Å². The van der Waals surface area contributed by atoms with Crippen molar-refractivity contribution in [2.75, 3.05) is 9.80 Å². The van der Waals surface area contributed by atoms with Gasteiger partial charge in [0.15, 0.2) is 0 Å². The van der Waals surface area contributed by atoms with Gasteiger partial charge in [-0.15, -0.1) is 0 Å². The Bertz CT molecular complexity index is 2680. The molecule has 4 aliphatic carbocycles. The van der Waals surface area contributed by atoms with Crippen molar-refractivity contribution in [3.8, 4) is 0 Å². The van der Waals surface area contributed by atoms with Crippen molar-refractivity contribution in [1.29, 1.82) is 0 Å². The highest BCUT2D eigenvalue weighted by molar-refractivity contribution is 7.29. The van der Waals surface area contributed by atoms with Gasteiger partial charge in [-0.25, -0.2) is 0 Å². The van der Waals surface area contributed by atoms with E-state index in [1.54, 1.807) is 20.8 Å². The van der Waals surface area contributed by atoms with Crippen LogP contribution in [0.2, 0.25) is 0 Å². The van der Waals surface area contributed by atoms with Gasteiger partial charge in [0.25, 0.3) is 6.71 Å². The Hall–Kier alpha value is -4.02. The fourth-order valence-corrected chi connectivity index (χ4v) is 14.2. The van der Waals surface area contributed by atoms with Crippen LogP contribution < -0.4 is 25.5 Å². The molecule has 4 heteroatoms. The predicted molar refractivity (Wildman–Crippen MR) is 276 cm³/mol. The number of rotatable bonds is 3. The number of fused-ring (bicyclic) bond motifs is 8. The second-order valence-corrected chi connectivity index (χ2v) is 26.3. The van der Waals surface area contributed by atoms with Crippen LogP contribution in [0.3, 0.4) is 0 Å². The molecule has 0 fully saturated rings. The molecule has 0 radical (unpaired) electrons. The summed E-state index contributed by atoms with van der Waals surface area (Å²) in [6, 6.07) is 21.6. The second-order valence-electron chi connectivity index (χ2n) is 25.2. The third-order valence-electron chi connectivity index (χ3n) is 16.7. The lowest BCUT2D eigenvalue weighted by Crippen LogP contribution is -2.62. The number of thiophene rings is 1. The summed E-state index contributed by atoms with van der Waals surface area (Å²) in [6.07, 6.45) is 19.7. The number of hydrogen-bond donors (Lipinski definition) is 0. The zero-order chi connectivity index (χ0) is 45.0. The lowest BCUT2D eigenvalue weighted by atomic mass is 9.35. The first-order chi connectivity index (χ1) is 29.4. The third kappa shape index (κ3) is 6.60. The van der Waals surface area contributed by atoms with Crippen molar-refractivity contribution in [3.05, 3.63) is 129 Å². The van der Waals surface area contributed by atoms with Gasteiger partial charge in [0, 0.05) is 43.7 Å². The van der Waals surface area contributed by atoms with Crippen LogP contribution >= 0.6 is 11.3 Å². The molecule has 6 aliphatic rings. The van der Waals surface area contributed by atoms with Crippen molar-refractivity contribution in [1.82, 2.24) is 0 Å². The molecule has 0 bridgehead atoms. The SMILES string of the molecule is Cc1cc2c3c(c1)N(C1=CCC(C(C)(C)C)C=C1c1ccccc1)c1c(sc4c1C(C)(C)CCC4(C)C)B3c1ccc3c(c1N2C1=CCC(C(C)(C)C)C=C1)C(C)(C)CCC3(C)C. The second kappa shape index (κ2) is 14.0. The Kier molecular flexibility index (Phi) is 9.53. The van der Waals surface area contributed by atoms with Crippen LogP contribution in [0.25, 0.3) is 5.57 Å². The van der Waals surface area contributed by atoms with Gasteiger partial charge in [0.1, 0.15) is 0 Å². The van der Waals surface area contributed by atoms with Crippen LogP contribution in [0.4, 0.5) is 22.7 Å². The first-order valence-electron chi connectivity index (χ1n) is 24.4. The van der Waals surface area contributed by atoms with Gasteiger partial charge in [0.2, 0.25) is 0 Å². The number of nitrogens with zero attached hydrogens (tertiary/aromatic N) is 2. The minimum Gasteiger partial charge on any atom is -0.311 e. The first kappa shape index (κ1) is 42.9. The molecule has 0 N–H and O–H groups in total. The van der Waals surface area contributed by atoms with Crippen LogP contribution in [-0.4, -0.2) is 6.71 Å². The number of anilines is 4. The van der Waals surface area contributed by atoms with Crippen LogP contribution in [0, 0.1) is 29.6 Å². The van der Waals surface area contributed by atoms with Crippen molar-refractivity contribution in [3.63, 3.8) is 0 Å². The van der Waals surface area contributed by atoms with E-state index < -0.39 is 0 Å². The summed E-state index contributed by atoms with van der Waals surface area (Å²) in [5.41, 5.74) is 20.6. The van der Waals surface area contributed by atoms with Gasteiger partial charge in [-0.2, -0.15) is 11.3 Å². The average Bonchev–Trinajstić information content (AvgIpc) is 3.64. The van der Waals surface area contributed by atoms with E-state index in [0.29, 0.717) is 11.8 Å². The van der Waals surface area contributed by atoms with E-state index in [2.05, 4.69) is 210 Å². The zero-order valence-electron chi connectivity index (χ0n) is 41.4. The Morgan fingerprint density at radius 2 is 1.25 bits per heavy atom. The van der Waals surface area contributed by atoms with Gasteiger partial charge in [-0.05, 0) is 147 Å². The van der Waals surface area contributed by atoms with Gasteiger partial charge in [-0.1, -0.05) is 164 Å². The van der Waals surface area contributed by atoms with E-state index in [9.17, 15) is 0 Å². The predicted octanol–water partition coefficient (Wildman–Crippen LogP) is 14.7. The Balaban J connectivity index is 1.33. The van der Waals surface area contributed by atoms with Crippen molar-refractivity contribution < 1.29 is 0 Å². The molecule has 3 aromatic carbocycles. The van der Waals surface area contributed by atoms with E-state index in [1.807, 2.05) is 0 Å². The van der Waals surface area contributed by atoms with Gasteiger partial charge in [0.05, 0.1) is 5.69 Å². The van der Waals surface area contributed by atoms with Crippen molar-refractivity contribution >= 4 is 62.1 Å². The molecule has 2 aliphatic heterocycles. The highest BCUT2D eigenvalue weighted by Crippen LogP contribution is 2.58. The lowest BCUT2D eigenvalue weighted by Gasteiger charge is -2.50. The van der Waals surface area contributed by atoms with E-state index in [0.717, 1.165) is 12.8 Å². The summed E-state index contributed by atoms with van der Waals surface area (Å²) in [5.74, 6) is 0.944. The van der Waals surface area contributed by atoms with Crippen LogP contribution in [0.15, 0.2) is 96.4 Å². The number of aryl methyl sites for hydroxylation is 1. The summed E-state index contributed by atoms with van der Waals surface area (Å²) in [7, 11) is 0. The summed E-state index contributed by atoms with van der Waals surface area (Å²) in [5, 5.41) is 0. The minimum absolute atomic E-state index is 0.0274. The maximum Gasteiger partial charge on any atom is 0.264 e. The number of benzene rings is 3. The van der Waals surface area contributed by atoms with E-state index in [1.165, 1.54) is 93.0 Å². The molecule has 0 amide bonds. The zero-order valence-corrected chi connectivity index (χ0v) is 42.2. The standard InChI is InChI=1S/C59H73BN2S/c1-36-33-45-49-46(34-36)62(44-28-23-39(55(5,6)7)35-41(44)37-19-17-16-18-20-37)51-48-52(59(14,15)32-31-58(48,12)13)63-53(51)60(49)43-27-26-42-47(57(10,11)30-29-56(42,8)9)50(43)61(45)40-24-21-38(22-25-40)54(2,3)4/h16-21,24-28,33-35,38-39H,22-23,29-32H2,1-15H3. The number of allylic oxidation sites excluding steroid dienone is 6. The quantitative estimate of drug-likeness (QED) is 0.190. The normalized spacial score (nSPS) is 23.7. The highest BCUT2D eigenvalue weighted by atomic mass is 32.1. The summed E-state index contributed by atoms with van der Waals surface area (Å²) >= 11 is 2.16. The van der Waals surface area contributed by atoms with Crippen molar-refractivity contribution in [2.24, 2.45) is 22.7 Å². The Morgan fingerprint density at radius 3 is 1.89 bits per heavy atom. The van der Waals surface area contributed by atoms with Crippen LogP contribution in [-0.2, 0) is 21.7 Å². The topological polar surface area (TPSA) is 6.48 Å². The molecule has 0 saturated carbocycles. The summed E-state index contributed by atoms with van der Waals surface area (Å²) < 4.78 is 1.54. The molecular weight excluding hydrogens is 780 g/mol. The third-order valence-corrected chi connectivity index (χ3v) is 18.3. The molecule has 63 heavy (non-hydrogen) atoms. The Labute approximate surface area is 385 Å². The molecule has 4 aromatic rings. The van der Waals surface area contributed by atoms with Crippen LogP contribution in [0.5, 0.6) is 0 Å². The molecule has 0 saturated heterocycles. The molecule has 2 unspecified atom stereocenters. The average molecular weight is 853 g/mol. The molecule has 3 heterocycles. The molecule has 1 aromatic heterocycles. The summed E-state index contributed by atoms with van der Waals surface area (Å²) in [4.78, 5) is 7.20. The van der Waals surface area contributed by atoms with Gasteiger partial charge in [-0.3, -0.25) is 0 Å². The minimum atomic E-state index is 0.0274. The van der Waals surface area contributed by atoms with Crippen molar-refractivity contribution in [2.45, 2.75) is 164 Å². The fraction of sp³-hybridized carbons (Fsp3) is 0.492. The summed E-state index contributed by atoms with van der Waals surface area (Å²) in [6.45, 7) is 37.2. The maximum atomic E-state index is 2.82. The smallest absolute Gasteiger partial charge is 0.264 e. The molecule has 10 rings (SSSR count). The monoisotopic (exact) mass is 853 g/mol.